The van der Waals surface area contributed by atoms with E-state index in [1.165, 1.54) is 18.5 Å². The van der Waals surface area contributed by atoms with Crippen molar-refractivity contribution in [1.82, 2.24) is 15.3 Å². The molecule has 9 heteroatoms. The predicted octanol–water partition coefficient (Wildman–Crippen LogP) is 4.58. The number of benzene rings is 2. The third kappa shape index (κ3) is 5.07. The molecular formula is C26H25ClFN3O4. The third-order valence-corrected chi connectivity index (χ3v) is 7.14. The van der Waals surface area contributed by atoms with Gasteiger partial charge in [0.2, 0.25) is 5.88 Å². The number of carbonyl (C=O) groups is 2. The van der Waals surface area contributed by atoms with Crippen molar-refractivity contribution in [2.75, 3.05) is 6.61 Å². The SMILES string of the molecule is CCOC(=O)CC(NC(=O)c1ccc(Cl)cc1)[C@H]1[C@@H]2C[C@@H](Oc3ncnc4ccc(F)cc34)C[C@@H]21. The van der Waals surface area contributed by atoms with Crippen LogP contribution >= 0.6 is 11.6 Å². The minimum atomic E-state index is -0.371. The number of nitrogens with one attached hydrogen (secondary N) is 1. The average Bonchev–Trinajstić information content (AvgIpc) is 3.34. The monoisotopic (exact) mass is 497 g/mol. The van der Waals surface area contributed by atoms with Gasteiger partial charge in [-0.05, 0) is 80.0 Å². The van der Waals surface area contributed by atoms with E-state index in [9.17, 15) is 14.0 Å². The number of amides is 1. The summed E-state index contributed by atoms with van der Waals surface area (Å²) in [6, 6.07) is 10.6. The summed E-state index contributed by atoms with van der Waals surface area (Å²) in [5.74, 6) is 0.213. The van der Waals surface area contributed by atoms with Crippen LogP contribution in [-0.4, -0.2) is 40.6 Å². The van der Waals surface area contributed by atoms with Gasteiger partial charge in [-0.15, -0.1) is 0 Å². The van der Waals surface area contributed by atoms with E-state index in [4.69, 9.17) is 21.1 Å². The summed E-state index contributed by atoms with van der Waals surface area (Å²) >= 11 is 5.93. The molecule has 7 nitrogen and oxygen atoms in total. The molecule has 0 radical (unpaired) electrons. The fourth-order valence-corrected chi connectivity index (χ4v) is 5.45. The molecule has 2 saturated carbocycles. The van der Waals surface area contributed by atoms with Crippen molar-refractivity contribution in [3.05, 3.63) is 65.2 Å². The predicted molar refractivity (Wildman–Crippen MR) is 128 cm³/mol. The molecule has 2 aliphatic rings. The lowest BCUT2D eigenvalue weighted by molar-refractivity contribution is -0.143. The summed E-state index contributed by atoms with van der Waals surface area (Å²) in [6.45, 7) is 2.05. The Hall–Kier alpha value is -3.26. The Bertz CT molecular complexity index is 1240. The quantitative estimate of drug-likeness (QED) is 0.458. The Morgan fingerprint density at radius 3 is 2.60 bits per heavy atom. The van der Waals surface area contributed by atoms with Crippen LogP contribution in [0.1, 0.15) is 36.5 Å². The molecular weight excluding hydrogens is 473 g/mol. The van der Waals surface area contributed by atoms with Gasteiger partial charge in [0.15, 0.2) is 0 Å². The molecule has 5 atom stereocenters. The van der Waals surface area contributed by atoms with Gasteiger partial charge in [0, 0.05) is 16.6 Å². The van der Waals surface area contributed by atoms with Gasteiger partial charge in [-0.1, -0.05) is 11.6 Å². The van der Waals surface area contributed by atoms with Crippen LogP contribution in [0.5, 0.6) is 5.88 Å². The van der Waals surface area contributed by atoms with Crippen molar-refractivity contribution in [2.24, 2.45) is 17.8 Å². The fourth-order valence-electron chi connectivity index (χ4n) is 5.33. The maximum atomic E-state index is 13.8. The lowest BCUT2D eigenvalue weighted by Gasteiger charge is -2.23. The van der Waals surface area contributed by atoms with Crippen LogP contribution in [0, 0.1) is 23.6 Å². The van der Waals surface area contributed by atoms with E-state index in [-0.39, 0.29) is 48.8 Å². The lowest BCUT2D eigenvalue weighted by Crippen LogP contribution is -2.40. The van der Waals surface area contributed by atoms with Crippen LogP contribution in [0.15, 0.2) is 48.8 Å². The van der Waals surface area contributed by atoms with Crippen LogP contribution in [0.4, 0.5) is 4.39 Å². The third-order valence-electron chi connectivity index (χ3n) is 6.89. The molecule has 2 aromatic carbocycles. The summed E-state index contributed by atoms with van der Waals surface area (Å²) in [6.07, 6.45) is 3.00. The maximum absolute atomic E-state index is 13.8. The van der Waals surface area contributed by atoms with E-state index in [1.807, 2.05) is 0 Å². The van der Waals surface area contributed by atoms with Gasteiger partial charge in [-0.3, -0.25) is 9.59 Å². The molecule has 2 aliphatic carbocycles. The molecule has 35 heavy (non-hydrogen) atoms. The normalized spacial score (nSPS) is 23.4. The van der Waals surface area contributed by atoms with Gasteiger partial charge in [0.05, 0.1) is 23.9 Å². The Morgan fingerprint density at radius 1 is 1.14 bits per heavy atom. The van der Waals surface area contributed by atoms with Crippen LogP contribution in [-0.2, 0) is 9.53 Å². The van der Waals surface area contributed by atoms with Crippen LogP contribution in [0.25, 0.3) is 10.9 Å². The van der Waals surface area contributed by atoms with Crippen molar-refractivity contribution in [2.45, 2.75) is 38.3 Å². The molecule has 2 fully saturated rings. The zero-order valence-corrected chi connectivity index (χ0v) is 19.9. The Kier molecular flexibility index (Phi) is 6.56. The van der Waals surface area contributed by atoms with Crippen LogP contribution in [0.2, 0.25) is 5.02 Å². The minimum absolute atomic E-state index is 0.0715. The largest absolute Gasteiger partial charge is 0.474 e. The van der Waals surface area contributed by atoms with Gasteiger partial charge in [-0.25, -0.2) is 14.4 Å². The first-order valence-electron chi connectivity index (χ1n) is 11.7. The molecule has 1 heterocycles. The molecule has 1 amide bonds. The van der Waals surface area contributed by atoms with Crippen molar-refractivity contribution >= 4 is 34.4 Å². The average molecular weight is 498 g/mol. The summed E-state index contributed by atoms with van der Waals surface area (Å²) in [4.78, 5) is 33.5. The van der Waals surface area contributed by atoms with E-state index in [1.54, 1.807) is 37.3 Å². The van der Waals surface area contributed by atoms with Crippen LogP contribution < -0.4 is 10.1 Å². The number of ether oxygens (including phenoxy) is 2. The Balaban J connectivity index is 1.25. The molecule has 0 aliphatic heterocycles. The first kappa shape index (κ1) is 23.5. The molecule has 0 saturated heterocycles. The maximum Gasteiger partial charge on any atom is 0.307 e. The summed E-state index contributed by atoms with van der Waals surface area (Å²) in [5, 5.41) is 4.13. The highest BCUT2D eigenvalue weighted by Crippen LogP contribution is 2.60. The molecule has 5 rings (SSSR count). The summed E-state index contributed by atoms with van der Waals surface area (Å²) in [5.41, 5.74) is 1.11. The molecule has 182 valence electrons. The van der Waals surface area contributed by atoms with Crippen molar-refractivity contribution in [3.8, 4) is 5.88 Å². The zero-order chi connectivity index (χ0) is 24.5. The van der Waals surface area contributed by atoms with Crippen molar-refractivity contribution in [3.63, 3.8) is 0 Å². The van der Waals surface area contributed by atoms with E-state index >= 15 is 0 Å². The molecule has 1 unspecified atom stereocenters. The number of carbonyl (C=O) groups excluding carboxylic acids is 2. The van der Waals surface area contributed by atoms with E-state index < -0.39 is 0 Å². The van der Waals surface area contributed by atoms with Crippen LogP contribution in [0.3, 0.4) is 0 Å². The second-order valence-electron chi connectivity index (χ2n) is 9.05. The number of fused-ring (bicyclic) bond motifs is 2. The first-order valence-corrected chi connectivity index (χ1v) is 12.1. The van der Waals surface area contributed by atoms with E-state index in [0.717, 1.165) is 12.8 Å². The van der Waals surface area contributed by atoms with Gasteiger partial charge in [-0.2, -0.15) is 0 Å². The summed E-state index contributed by atoms with van der Waals surface area (Å²) < 4.78 is 25.0. The van der Waals surface area contributed by atoms with E-state index in [0.29, 0.717) is 39.2 Å². The van der Waals surface area contributed by atoms with Crippen molar-refractivity contribution in [1.29, 1.82) is 0 Å². The number of halogens is 2. The topological polar surface area (TPSA) is 90.4 Å². The number of hydrogen-bond donors (Lipinski definition) is 1. The highest BCUT2D eigenvalue weighted by Gasteiger charge is 2.60. The molecule has 1 N–H and O–H groups in total. The lowest BCUT2D eigenvalue weighted by atomic mass is 9.99. The number of nitrogens with zero attached hydrogens (tertiary/aromatic N) is 2. The van der Waals surface area contributed by atoms with E-state index in [2.05, 4.69) is 15.3 Å². The number of hydrogen-bond acceptors (Lipinski definition) is 6. The van der Waals surface area contributed by atoms with Gasteiger partial charge in [0.1, 0.15) is 18.2 Å². The second kappa shape index (κ2) is 9.77. The molecule has 0 spiro atoms. The number of rotatable bonds is 8. The minimum Gasteiger partial charge on any atom is -0.474 e. The van der Waals surface area contributed by atoms with Gasteiger partial charge in [0.25, 0.3) is 5.91 Å². The molecule has 0 bridgehead atoms. The first-order chi connectivity index (χ1) is 16.9. The summed E-state index contributed by atoms with van der Waals surface area (Å²) in [7, 11) is 0. The second-order valence-corrected chi connectivity index (χ2v) is 9.49. The fraction of sp³-hybridized carbons (Fsp3) is 0.385. The molecule has 3 aromatic rings. The standard InChI is InChI=1S/C26H25ClFN3O4/c1-2-34-23(32)12-22(31-25(33)14-3-5-15(27)6-4-14)24-18-10-17(11-19(18)24)35-26-20-9-16(28)7-8-21(20)29-13-30-26/h3-9,13,17-19,22,24H,2,10-12H2,1H3,(H,31,33)/t17-,18-,19+,22?,24+. The Morgan fingerprint density at radius 2 is 1.89 bits per heavy atom. The zero-order valence-electron chi connectivity index (χ0n) is 19.1. The van der Waals surface area contributed by atoms with Crippen molar-refractivity contribution < 1.29 is 23.5 Å². The smallest absolute Gasteiger partial charge is 0.307 e. The Labute approximate surface area is 207 Å². The highest BCUT2D eigenvalue weighted by atomic mass is 35.5. The highest BCUT2D eigenvalue weighted by molar-refractivity contribution is 6.30. The molecule has 1 aromatic heterocycles. The van der Waals surface area contributed by atoms with Gasteiger partial charge < -0.3 is 14.8 Å². The number of esters is 1. The number of aromatic nitrogens is 2. The van der Waals surface area contributed by atoms with Gasteiger partial charge >= 0.3 is 5.97 Å².